The van der Waals surface area contributed by atoms with Crippen LogP contribution in [-0.4, -0.2) is 10.9 Å². The van der Waals surface area contributed by atoms with Crippen LogP contribution < -0.4 is 9.88 Å². The molecule has 5 nitrogen and oxygen atoms in total. The number of nitrogens with one attached hydrogen (secondary N) is 1. The maximum Gasteiger partial charge on any atom is 0.294 e. The zero-order chi connectivity index (χ0) is 15.5. The standard InChI is InChI=1S/C16H12N4OS/c17-9-12-13(11-5-4-6-18-10-11)14(15(21)19-16(12)22)20-7-2-1-3-8-20/h1-8,10,13-14H,(H-,19,21,22)/p+1. The van der Waals surface area contributed by atoms with Crippen LogP contribution in [0.25, 0.3) is 0 Å². The second kappa shape index (κ2) is 6.00. The molecule has 3 heterocycles. The first-order valence-electron chi connectivity index (χ1n) is 6.72. The maximum atomic E-state index is 12.5. The summed E-state index contributed by atoms with van der Waals surface area (Å²) in [6.45, 7) is 0. The van der Waals surface area contributed by atoms with Crippen molar-refractivity contribution >= 4 is 18.5 Å². The van der Waals surface area contributed by atoms with Gasteiger partial charge in [0.1, 0.15) is 0 Å². The Kier molecular flexibility index (Phi) is 3.90. The van der Waals surface area contributed by atoms with E-state index in [9.17, 15) is 10.1 Å². The highest BCUT2D eigenvalue weighted by Crippen LogP contribution is 2.37. The van der Waals surface area contributed by atoms with E-state index >= 15 is 0 Å². The van der Waals surface area contributed by atoms with E-state index in [1.165, 1.54) is 0 Å². The number of pyridine rings is 2. The minimum atomic E-state index is -0.559. The SMILES string of the molecule is N#CC1=C(S)NC(=O)C([n+]2ccccc2)C1c1cccnc1. The van der Waals surface area contributed by atoms with Gasteiger partial charge in [0, 0.05) is 24.5 Å². The smallest absolute Gasteiger partial charge is 0.294 e. The fraction of sp³-hybridized carbons (Fsp3) is 0.125. The largest absolute Gasteiger partial charge is 0.314 e. The molecule has 0 saturated carbocycles. The van der Waals surface area contributed by atoms with E-state index in [2.05, 4.69) is 29.0 Å². The summed E-state index contributed by atoms with van der Waals surface area (Å²) in [5.74, 6) is -0.624. The molecule has 1 aliphatic rings. The number of rotatable bonds is 2. The Morgan fingerprint density at radius 1 is 1.27 bits per heavy atom. The van der Waals surface area contributed by atoms with Gasteiger partial charge in [0.15, 0.2) is 12.4 Å². The quantitative estimate of drug-likeness (QED) is 0.652. The van der Waals surface area contributed by atoms with Crippen LogP contribution >= 0.6 is 12.6 Å². The van der Waals surface area contributed by atoms with E-state index in [1.807, 2.05) is 36.7 Å². The fourth-order valence-corrected chi connectivity index (χ4v) is 2.95. The molecule has 1 aliphatic heterocycles. The van der Waals surface area contributed by atoms with Crippen molar-refractivity contribution in [3.05, 3.63) is 71.3 Å². The first kappa shape index (κ1) is 14.3. The van der Waals surface area contributed by atoms with E-state index in [4.69, 9.17) is 0 Å². The van der Waals surface area contributed by atoms with Crippen molar-refractivity contribution in [1.82, 2.24) is 10.3 Å². The summed E-state index contributed by atoms with van der Waals surface area (Å²) in [5.41, 5.74) is 1.24. The fourth-order valence-electron chi connectivity index (χ4n) is 2.65. The number of nitrogens with zero attached hydrogens (tertiary/aromatic N) is 3. The van der Waals surface area contributed by atoms with Crippen molar-refractivity contribution < 1.29 is 9.36 Å². The molecule has 0 spiro atoms. The minimum absolute atomic E-state index is 0.200. The number of carbonyl (C=O) groups excluding carboxylic acids is 1. The first-order chi connectivity index (χ1) is 10.7. The number of carbonyl (C=O) groups is 1. The van der Waals surface area contributed by atoms with E-state index in [-0.39, 0.29) is 5.91 Å². The summed E-state index contributed by atoms with van der Waals surface area (Å²) in [4.78, 5) is 16.6. The first-order valence-corrected chi connectivity index (χ1v) is 7.17. The van der Waals surface area contributed by atoms with Crippen molar-refractivity contribution in [3.63, 3.8) is 0 Å². The Balaban J connectivity index is 2.19. The lowest BCUT2D eigenvalue weighted by atomic mass is 9.83. The van der Waals surface area contributed by atoms with Gasteiger partial charge in [-0.05, 0) is 11.6 Å². The summed E-state index contributed by atoms with van der Waals surface area (Å²) in [6.07, 6.45) is 6.96. The van der Waals surface area contributed by atoms with Crippen LogP contribution in [0.15, 0.2) is 65.7 Å². The molecule has 0 saturated heterocycles. The molecule has 0 bridgehead atoms. The lowest BCUT2D eigenvalue weighted by molar-refractivity contribution is -0.711. The molecule has 2 unspecified atom stereocenters. The van der Waals surface area contributed by atoms with Crippen molar-refractivity contribution in [2.24, 2.45) is 0 Å². The van der Waals surface area contributed by atoms with E-state index < -0.39 is 12.0 Å². The highest BCUT2D eigenvalue weighted by molar-refractivity contribution is 7.84. The molecular formula is C16H13N4OS+. The van der Waals surface area contributed by atoms with E-state index in [0.717, 1.165) is 5.56 Å². The number of thiol groups is 1. The van der Waals surface area contributed by atoms with Crippen LogP contribution in [0.5, 0.6) is 0 Å². The van der Waals surface area contributed by atoms with Crippen LogP contribution in [-0.2, 0) is 4.79 Å². The molecule has 6 heteroatoms. The second-order valence-electron chi connectivity index (χ2n) is 4.89. The van der Waals surface area contributed by atoms with Crippen LogP contribution in [0.1, 0.15) is 17.5 Å². The molecular weight excluding hydrogens is 296 g/mol. The van der Waals surface area contributed by atoms with Crippen molar-refractivity contribution in [2.75, 3.05) is 0 Å². The number of aromatic nitrogens is 2. The third-order valence-corrected chi connectivity index (χ3v) is 3.97. The lowest BCUT2D eigenvalue weighted by Gasteiger charge is -2.27. The second-order valence-corrected chi connectivity index (χ2v) is 5.34. The molecule has 22 heavy (non-hydrogen) atoms. The van der Waals surface area contributed by atoms with Gasteiger partial charge >= 0.3 is 0 Å². The monoisotopic (exact) mass is 309 g/mol. The van der Waals surface area contributed by atoms with Gasteiger partial charge in [0.05, 0.1) is 22.6 Å². The van der Waals surface area contributed by atoms with Gasteiger partial charge in [-0.1, -0.05) is 12.1 Å². The van der Waals surface area contributed by atoms with Crippen molar-refractivity contribution in [2.45, 2.75) is 12.0 Å². The van der Waals surface area contributed by atoms with Crippen LogP contribution in [0.3, 0.4) is 0 Å². The molecule has 2 atom stereocenters. The number of amides is 1. The van der Waals surface area contributed by atoms with Gasteiger partial charge in [-0.15, -0.1) is 12.6 Å². The third-order valence-electron chi connectivity index (χ3n) is 3.62. The van der Waals surface area contributed by atoms with Crippen LogP contribution in [0, 0.1) is 11.3 Å². The Hall–Kier alpha value is -2.65. The molecule has 3 rings (SSSR count). The van der Waals surface area contributed by atoms with Gasteiger partial charge in [-0.3, -0.25) is 9.78 Å². The minimum Gasteiger partial charge on any atom is -0.314 e. The molecule has 0 aliphatic carbocycles. The Morgan fingerprint density at radius 2 is 2.05 bits per heavy atom. The highest BCUT2D eigenvalue weighted by atomic mass is 32.1. The maximum absolute atomic E-state index is 12.5. The average Bonchev–Trinajstić information content (AvgIpc) is 2.56. The summed E-state index contributed by atoms with van der Waals surface area (Å²) >= 11 is 4.25. The Bertz CT molecular complexity index is 768. The van der Waals surface area contributed by atoms with Crippen molar-refractivity contribution in [1.29, 1.82) is 5.26 Å². The summed E-state index contributed by atoms with van der Waals surface area (Å²) in [6, 6.07) is 10.8. The lowest BCUT2D eigenvalue weighted by Crippen LogP contribution is -2.53. The molecule has 1 amide bonds. The van der Waals surface area contributed by atoms with Gasteiger partial charge in [-0.25, -0.2) is 0 Å². The molecule has 1 N–H and O–H groups in total. The zero-order valence-corrected chi connectivity index (χ0v) is 12.4. The number of hydrogen-bond donors (Lipinski definition) is 2. The normalized spacial score (nSPS) is 21.2. The van der Waals surface area contributed by atoms with E-state index in [1.54, 1.807) is 23.0 Å². The number of nitriles is 1. The number of hydrogen-bond acceptors (Lipinski definition) is 4. The van der Waals surface area contributed by atoms with Gasteiger partial charge < -0.3 is 5.32 Å². The van der Waals surface area contributed by atoms with Gasteiger partial charge in [-0.2, -0.15) is 9.83 Å². The number of allylic oxidation sites excluding steroid dienone is 1. The molecule has 0 radical (unpaired) electrons. The molecule has 108 valence electrons. The summed E-state index contributed by atoms with van der Waals surface area (Å²) in [5, 5.41) is 12.5. The van der Waals surface area contributed by atoms with Gasteiger partial charge in [0.2, 0.25) is 6.04 Å². The average molecular weight is 309 g/mol. The Morgan fingerprint density at radius 3 is 2.68 bits per heavy atom. The Labute approximate surface area is 133 Å². The summed E-state index contributed by atoms with van der Waals surface area (Å²) < 4.78 is 1.80. The molecule has 2 aromatic heterocycles. The zero-order valence-electron chi connectivity index (χ0n) is 11.5. The molecule has 0 fully saturated rings. The topological polar surface area (TPSA) is 69.7 Å². The van der Waals surface area contributed by atoms with Gasteiger partial charge in [0.25, 0.3) is 5.91 Å². The molecule has 0 aromatic carbocycles. The van der Waals surface area contributed by atoms with Crippen LogP contribution in [0.2, 0.25) is 0 Å². The molecule has 2 aromatic rings. The third kappa shape index (κ3) is 2.47. The predicted octanol–water partition coefficient (Wildman–Crippen LogP) is 1.49. The van der Waals surface area contributed by atoms with Crippen LogP contribution in [0.4, 0.5) is 0 Å². The van der Waals surface area contributed by atoms with E-state index in [0.29, 0.717) is 10.6 Å². The highest BCUT2D eigenvalue weighted by Gasteiger charge is 2.44. The predicted molar refractivity (Wildman–Crippen MR) is 82.4 cm³/mol. The van der Waals surface area contributed by atoms with Crippen molar-refractivity contribution in [3.8, 4) is 6.07 Å². The summed E-state index contributed by atoms with van der Waals surface area (Å²) in [7, 11) is 0.